The smallest absolute Gasteiger partial charge is 0.190 e. The Morgan fingerprint density at radius 1 is 0.857 bits per heavy atom. The Balaban J connectivity index is 3.44. The van der Waals surface area contributed by atoms with Crippen LogP contribution < -0.4 is 0 Å². The van der Waals surface area contributed by atoms with E-state index in [0.717, 1.165) is 11.0 Å². The average molecular weight is 303 g/mol. The molecule has 0 aromatic rings. The number of quaternary nitrogens is 1. The van der Waals surface area contributed by atoms with Crippen LogP contribution in [0.5, 0.6) is 0 Å². The maximum atomic E-state index is 8.81. The summed E-state index contributed by atoms with van der Waals surface area (Å²) in [5.41, 5.74) is 0. The van der Waals surface area contributed by atoms with Crippen LogP contribution in [0.15, 0.2) is 0 Å². The minimum atomic E-state index is 0.114. The Kier molecular flexibility index (Phi) is 13.5. The third-order valence-electron chi connectivity index (χ3n) is 4.52. The third kappa shape index (κ3) is 12.1. The van der Waals surface area contributed by atoms with Crippen LogP contribution in [0.3, 0.4) is 0 Å². The molecule has 0 spiro atoms. The van der Waals surface area contributed by atoms with Gasteiger partial charge in [-0.15, -0.1) is 0 Å². The number of aliphatic hydroxyl groups is 1. The van der Waals surface area contributed by atoms with Gasteiger partial charge in [-0.3, -0.25) is 0 Å². The first-order valence-electron chi connectivity index (χ1n) is 9.09. The molecule has 0 bridgehead atoms. The predicted octanol–water partition coefficient (Wildman–Crippen LogP) is 4.34. The first kappa shape index (κ1) is 20.9. The van der Waals surface area contributed by atoms with Crippen molar-refractivity contribution in [2.75, 3.05) is 33.9 Å². The Morgan fingerprint density at radius 3 is 1.81 bits per heavy atom. The Morgan fingerprint density at radius 2 is 1.33 bits per heavy atom. The maximum Gasteiger partial charge on any atom is 0.190 e. The Bertz CT molecular complexity index is 219. The molecule has 0 saturated heterocycles. The molecule has 3 nitrogen and oxygen atoms in total. The van der Waals surface area contributed by atoms with Gasteiger partial charge in [0.2, 0.25) is 0 Å². The molecule has 0 heterocycles. The zero-order chi connectivity index (χ0) is 16.0. The molecule has 0 aliphatic heterocycles. The van der Waals surface area contributed by atoms with E-state index in [1.165, 1.54) is 64.2 Å². The van der Waals surface area contributed by atoms with Gasteiger partial charge in [0.25, 0.3) is 0 Å². The van der Waals surface area contributed by atoms with Crippen molar-refractivity contribution < 1.29 is 14.3 Å². The zero-order valence-corrected chi connectivity index (χ0v) is 15.1. The van der Waals surface area contributed by atoms with E-state index in [4.69, 9.17) is 9.84 Å². The fourth-order valence-electron chi connectivity index (χ4n) is 2.61. The van der Waals surface area contributed by atoms with Gasteiger partial charge in [-0.1, -0.05) is 58.3 Å². The van der Waals surface area contributed by atoms with Crippen LogP contribution in [-0.4, -0.2) is 49.7 Å². The minimum absolute atomic E-state index is 0.114. The summed E-state index contributed by atoms with van der Waals surface area (Å²) in [5.74, 6) is 0. The molecule has 0 fully saturated rings. The number of hydrogen-bond acceptors (Lipinski definition) is 2. The van der Waals surface area contributed by atoms with Crippen LogP contribution >= 0.6 is 0 Å². The van der Waals surface area contributed by atoms with Crippen molar-refractivity contribution in [3.05, 3.63) is 0 Å². The zero-order valence-electron chi connectivity index (χ0n) is 15.1. The lowest BCUT2D eigenvalue weighted by Gasteiger charge is -2.35. The van der Waals surface area contributed by atoms with Crippen molar-refractivity contribution in [3.8, 4) is 0 Å². The summed E-state index contributed by atoms with van der Waals surface area (Å²) in [4.78, 5) is 0. The summed E-state index contributed by atoms with van der Waals surface area (Å²) in [7, 11) is 4.44. The summed E-state index contributed by atoms with van der Waals surface area (Å²) in [5, 5.41) is 8.81. The van der Waals surface area contributed by atoms with Crippen molar-refractivity contribution in [1.29, 1.82) is 0 Å². The van der Waals surface area contributed by atoms with Crippen molar-refractivity contribution in [2.24, 2.45) is 0 Å². The van der Waals surface area contributed by atoms with E-state index in [9.17, 15) is 0 Å². The number of unbranched alkanes of at least 4 members (excludes halogenated alkanes) is 9. The first-order valence-corrected chi connectivity index (χ1v) is 9.09. The monoisotopic (exact) mass is 302 g/mol. The molecule has 3 heteroatoms. The molecular weight excluding hydrogens is 262 g/mol. The molecule has 21 heavy (non-hydrogen) atoms. The molecule has 0 rings (SSSR count). The summed E-state index contributed by atoms with van der Waals surface area (Å²) in [6, 6.07) is 0. The molecule has 0 saturated carbocycles. The highest BCUT2D eigenvalue weighted by Gasteiger charge is 2.23. The Hall–Kier alpha value is -0.120. The molecule has 0 aromatic carbocycles. The van der Waals surface area contributed by atoms with E-state index in [1.807, 2.05) is 0 Å². The number of hydrogen-bond donors (Lipinski definition) is 1. The standard InChI is InChI=1S/C18H40NO2/c1-5-6-7-8-9-10-11-12-13-14-15-19(3,4)18(2)21-17-16-20/h18,20H,5-17H2,1-4H3/q+1. The fourth-order valence-corrected chi connectivity index (χ4v) is 2.61. The highest BCUT2D eigenvalue weighted by atomic mass is 16.5. The van der Waals surface area contributed by atoms with Gasteiger partial charge in [0.15, 0.2) is 6.23 Å². The average Bonchev–Trinajstić information content (AvgIpc) is 2.46. The van der Waals surface area contributed by atoms with Crippen molar-refractivity contribution in [3.63, 3.8) is 0 Å². The SMILES string of the molecule is CCCCCCCCCCCC[N+](C)(C)C(C)OCCO. The highest BCUT2D eigenvalue weighted by Crippen LogP contribution is 2.13. The highest BCUT2D eigenvalue weighted by molar-refractivity contribution is 4.48. The van der Waals surface area contributed by atoms with Crippen molar-refractivity contribution >= 4 is 0 Å². The van der Waals surface area contributed by atoms with E-state index in [-0.39, 0.29) is 12.8 Å². The van der Waals surface area contributed by atoms with E-state index in [0.29, 0.717) is 6.61 Å². The van der Waals surface area contributed by atoms with Crippen LogP contribution in [0.2, 0.25) is 0 Å². The number of nitrogens with zero attached hydrogens (tertiary/aromatic N) is 1. The predicted molar refractivity (Wildman–Crippen MR) is 91.3 cm³/mol. The van der Waals surface area contributed by atoms with E-state index >= 15 is 0 Å². The van der Waals surface area contributed by atoms with Crippen LogP contribution in [0.4, 0.5) is 0 Å². The van der Waals surface area contributed by atoms with Crippen molar-refractivity contribution in [1.82, 2.24) is 0 Å². The number of rotatable bonds is 15. The molecule has 1 N–H and O–H groups in total. The normalized spacial score (nSPS) is 13.6. The fraction of sp³-hybridized carbons (Fsp3) is 1.00. The van der Waals surface area contributed by atoms with E-state index in [2.05, 4.69) is 27.9 Å². The molecule has 0 radical (unpaired) electrons. The molecule has 0 amide bonds. The lowest BCUT2D eigenvalue weighted by molar-refractivity contribution is -0.935. The largest absolute Gasteiger partial charge is 0.394 e. The molecule has 0 aliphatic carbocycles. The quantitative estimate of drug-likeness (QED) is 0.277. The molecule has 1 atom stereocenters. The summed E-state index contributed by atoms with van der Waals surface area (Å²) < 4.78 is 6.51. The van der Waals surface area contributed by atoms with Gasteiger partial charge in [0.05, 0.1) is 33.9 Å². The van der Waals surface area contributed by atoms with Gasteiger partial charge in [0, 0.05) is 6.92 Å². The number of aliphatic hydroxyl groups excluding tert-OH is 1. The number of ether oxygens (including phenoxy) is 1. The molecule has 1 unspecified atom stereocenters. The second kappa shape index (κ2) is 13.5. The van der Waals surface area contributed by atoms with Crippen LogP contribution in [0, 0.1) is 0 Å². The van der Waals surface area contributed by atoms with Crippen molar-refractivity contribution in [2.45, 2.75) is 84.3 Å². The Labute approximate surface area is 133 Å². The lowest BCUT2D eigenvalue weighted by atomic mass is 10.1. The van der Waals surface area contributed by atoms with E-state index in [1.54, 1.807) is 0 Å². The third-order valence-corrected chi connectivity index (χ3v) is 4.52. The van der Waals surface area contributed by atoms with Gasteiger partial charge in [-0.25, -0.2) is 0 Å². The molecule has 0 aromatic heterocycles. The second-order valence-corrected chi connectivity index (χ2v) is 6.88. The summed E-state index contributed by atoms with van der Waals surface area (Å²) in [6.07, 6.45) is 14.0. The van der Waals surface area contributed by atoms with Crippen LogP contribution in [-0.2, 0) is 4.74 Å². The molecule has 0 aliphatic rings. The summed E-state index contributed by atoms with van der Waals surface area (Å²) >= 11 is 0. The minimum Gasteiger partial charge on any atom is -0.394 e. The molecular formula is C18H40NO2+. The maximum absolute atomic E-state index is 8.81. The first-order chi connectivity index (χ1) is 10.0. The summed E-state index contributed by atoms with van der Waals surface area (Å²) in [6.45, 7) is 6.09. The van der Waals surface area contributed by atoms with Gasteiger partial charge >= 0.3 is 0 Å². The van der Waals surface area contributed by atoms with Gasteiger partial charge in [-0.2, -0.15) is 0 Å². The van der Waals surface area contributed by atoms with Gasteiger partial charge in [0.1, 0.15) is 0 Å². The lowest BCUT2D eigenvalue weighted by Crippen LogP contribution is -2.49. The van der Waals surface area contributed by atoms with Crippen LogP contribution in [0.1, 0.15) is 78.1 Å². The van der Waals surface area contributed by atoms with Gasteiger partial charge in [-0.05, 0) is 12.8 Å². The van der Waals surface area contributed by atoms with E-state index < -0.39 is 0 Å². The molecule has 128 valence electrons. The second-order valence-electron chi connectivity index (χ2n) is 6.88. The topological polar surface area (TPSA) is 29.5 Å². The van der Waals surface area contributed by atoms with Crippen LogP contribution in [0.25, 0.3) is 0 Å². The van der Waals surface area contributed by atoms with Gasteiger partial charge < -0.3 is 14.3 Å².